The molecular formula is C20H28N4O3. The Labute approximate surface area is 161 Å². The van der Waals surface area contributed by atoms with E-state index in [1.54, 1.807) is 21.3 Å². The summed E-state index contributed by atoms with van der Waals surface area (Å²) >= 11 is 0. The second kappa shape index (κ2) is 10.3. The summed E-state index contributed by atoms with van der Waals surface area (Å²) in [7, 11) is 6.90. The highest BCUT2D eigenvalue weighted by Gasteiger charge is 2.11. The summed E-state index contributed by atoms with van der Waals surface area (Å²) in [5.74, 6) is 2.93. The van der Waals surface area contributed by atoms with E-state index >= 15 is 0 Å². The van der Waals surface area contributed by atoms with Crippen LogP contribution in [0.15, 0.2) is 41.4 Å². The average Bonchev–Trinajstić information content (AvgIpc) is 2.71. The summed E-state index contributed by atoms with van der Waals surface area (Å²) in [4.78, 5) is 11.1. The summed E-state index contributed by atoms with van der Waals surface area (Å²) in [6.45, 7) is 3.92. The predicted octanol–water partition coefficient (Wildman–Crippen LogP) is 2.70. The van der Waals surface area contributed by atoms with Crippen LogP contribution in [0, 0.1) is 0 Å². The average molecular weight is 372 g/mol. The van der Waals surface area contributed by atoms with Crippen LogP contribution in [-0.2, 0) is 13.1 Å². The molecular weight excluding hydrogens is 344 g/mol. The van der Waals surface area contributed by atoms with Crippen LogP contribution >= 0.6 is 0 Å². The Morgan fingerprint density at radius 3 is 2.59 bits per heavy atom. The number of ether oxygens (including phenoxy) is 3. The van der Waals surface area contributed by atoms with Crippen LogP contribution in [0.2, 0.25) is 0 Å². The molecule has 0 spiro atoms. The van der Waals surface area contributed by atoms with Crippen LogP contribution < -0.4 is 19.5 Å². The van der Waals surface area contributed by atoms with Crippen LogP contribution in [0.3, 0.4) is 0 Å². The Hall–Kier alpha value is -2.96. The highest BCUT2D eigenvalue weighted by molar-refractivity contribution is 5.79. The third-order valence-electron chi connectivity index (χ3n) is 3.98. The number of hydrogen-bond donors (Lipinski definition) is 1. The van der Waals surface area contributed by atoms with Crippen molar-refractivity contribution in [1.29, 1.82) is 0 Å². The molecule has 27 heavy (non-hydrogen) atoms. The first-order valence-corrected chi connectivity index (χ1v) is 8.81. The number of aromatic nitrogens is 1. The summed E-state index contributed by atoms with van der Waals surface area (Å²) < 4.78 is 15.9. The molecule has 2 aromatic rings. The lowest BCUT2D eigenvalue weighted by Gasteiger charge is -2.23. The number of rotatable bonds is 8. The van der Waals surface area contributed by atoms with Crippen molar-refractivity contribution in [3.63, 3.8) is 0 Å². The number of aliphatic imine (C=N–C) groups is 1. The fourth-order valence-electron chi connectivity index (χ4n) is 2.60. The van der Waals surface area contributed by atoms with Crippen LogP contribution in [0.25, 0.3) is 0 Å². The van der Waals surface area contributed by atoms with E-state index in [1.807, 2.05) is 55.3 Å². The van der Waals surface area contributed by atoms with Gasteiger partial charge in [0.25, 0.3) is 0 Å². The van der Waals surface area contributed by atoms with Gasteiger partial charge in [0.05, 0.1) is 33.6 Å². The summed E-state index contributed by atoms with van der Waals surface area (Å²) in [6, 6.07) is 11.5. The minimum atomic E-state index is 0.462. The molecule has 146 valence electrons. The van der Waals surface area contributed by atoms with Crippen molar-refractivity contribution < 1.29 is 14.2 Å². The van der Waals surface area contributed by atoms with E-state index in [4.69, 9.17) is 19.2 Å². The molecule has 1 aromatic heterocycles. The molecule has 0 aliphatic carbocycles. The van der Waals surface area contributed by atoms with Gasteiger partial charge in [0.1, 0.15) is 11.5 Å². The Kier molecular flexibility index (Phi) is 7.73. The zero-order chi connectivity index (χ0) is 19.6. The molecule has 0 saturated carbocycles. The largest absolute Gasteiger partial charge is 0.497 e. The van der Waals surface area contributed by atoms with E-state index in [-0.39, 0.29) is 0 Å². The quantitative estimate of drug-likeness (QED) is 0.568. The van der Waals surface area contributed by atoms with Crippen molar-refractivity contribution in [3.8, 4) is 17.4 Å². The van der Waals surface area contributed by atoms with Gasteiger partial charge in [-0.3, -0.25) is 0 Å². The lowest BCUT2D eigenvalue weighted by molar-refractivity contribution is 0.382. The third kappa shape index (κ3) is 5.77. The Morgan fingerprint density at radius 2 is 1.93 bits per heavy atom. The fourth-order valence-corrected chi connectivity index (χ4v) is 2.60. The van der Waals surface area contributed by atoms with E-state index in [0.29, 0.717) is 19.0 Å². The van der Waals surface area contributed by atoms with Crippen LogP contribution in [0.5, 0.6) is 17.4 Å². The first-order valence-electron chi connectivity index (χ1n) is 8.81. The van der Waals surface area contributed by atoms with Crippen LogP contribution in [0.4, 0.5) is 0 Å². The van der Waals surface area contributed by atoms with Crippen molar-refractivity contribution in [3.05, 3.63) is 47.7 Å². The number of pyridine rings is 1. The maximum Gasteiger partial charge on any atom is 0.213 e. The topological polar surface area (TPSA) is 68.2 Å². The van der Waals surface area contributed by atoms with Crippen molar-refractivity contribution in [2.24, 2.45) is 4.99 Å². The molecule has 0 radical (unpaired) electrons. The van der Waals surface area contributed by atoms with Gasteiger partial charge in [-0.1, -0.05) is 6.07 Å². The minimum Gasteiger partial charge on any atom is -0.497 e. The van der Waals surface area contributed by atoms with Gasteiger partial charge in [-0.2, -0.15) is 0 Å². The number of methoxy groups -OCH3 is 3. The summed E-state index contributed by atoms with van der Waals surface area (Å²) in [5, 5.41) is 3.31. The maximum absolute atomic E-state index is 5.49. The molecule has 0 amide bonds. The third-order valence-corrected chi connectivity index (χ3v) is 3.98. The lowest BCUT2D eigenvalue weighted by Crippen LogP contribution is -2.38. The summed E-state index contributed by atoms with van der Waals surface area (Å²) in [5.41, 5.74) is 1.89. The van der Waals surface area contributed by atoms with Crippen LogP contribution in [-0.4, -0.2) is 50.8 Å². The molecule has 0 saturated heterocycles. The first kappa shape index (κ1) is 20.4. The second-order valence-electron chi connectivity index (χ2n) is 5.88. The smallest absolute Gasteiger partial charge is 0.213 e. The number of nitrogens with one attached hydrogen (secondary N) is 1. The predicted molar refractivity (Wildman–Crippen MR) is 107 cm³/mol. The standard InChI is InChI=1S/C20H28N4O3/c1-6-21-20(22-13-16-8-7-9-19(23-16)27-5)24(2)14-15-10-11-17(25-3)12-18(15)26-4/h7-12H,6,13-14H2,1-5H3,(H,21,22). The van der Waals surface area contributed by atoms with Gasteiger partial charge in [0, 0.05) is 37.8 Å². The number of nitrogens with zero attached hydrogens (tertiary/aromatic N) is 3. The van der Waals surface area contributed by atoms with E-state index in [2.05, 4.69) is 10.3 Å². The highest BCUT2D eigenvalue weighted by atomic mass is 16.5. The second-order valence-corrected chi connectivity index (χ2v) is 5.88. The normalized spacial score (nSPS) is 11.1. The molecule has 1 aromatic carbocycles. The zero-order valence-corrected chi connectivity index (χ0v) is 16.7. The zero-order valence-electron chi connectivity index (χ0n) is 16.7. The van der Waals surface area contributed by atoms with Crippen molar-refractivity contribution in [1.82, 2.24) is 15.2 Å². The van der Waals surface area contributed by atoms with E-state index in [9.17, 15) is 0 Å². The maximum atomic E-state index is 5.49. The Balaban J connectivity index is 2.15. The lowest BCUT2D eigenvalue weighted by atomic mass is 10.2. The Morgan fingerprint density at radius 1 is 1.11 bits per heavy atom. The van der Waals surface area contributed by atoms with Gasteiger partial charge in [-0.05, 0) is 25.1 Å². The number of benzene rings is 1. The molecule has 2 rings (SSSR count). The van der Waals surface area contributed by atoms with Gasteiger partial charge in [-0.15, -0.1) is 0 Å². The van der Waals surface area contributed by atoms with Crippen molar-refractivity contribution >= 4 is 5.96 Å². The highest BCUT2D eigenvalue weighted by Crippen LogP contribution is 2.25. The van der Waals surface area contributed by atoms with Gasteiger partial charge < -0.3 is 24.4 Å². The molecule has 7 nitrogen and oxygen atoms in total. The van der Waals surface area contributed by atoms with Gasteiger partial charge in [0.15, 0.2) is 5.96 Å². The van der Waals surface area contributed by atoms with Crippen molar-refractivity contribution in [2.75, 3.05) is 34.9 Å². The molecule has 7 heteroatoms. The van der Waals surface area contributed by atoms with Crippen LogP contribution in [0.1, 0.15) is 18.2 Å². The monoisotopic (exact) mass is 372 g/mol. The minimum absolute atomic E-state index is 0.462. The van der Waals surface area contributed by atoms with E-state index in [0.717, 1.165) is 35.3 Å². The first-order chi connectivity index (χ1) is 13.1. The Bertz CT molecular complexity index is 765. The molecule has 1 heterocycles. The van der Waals surface area contributed by atoms with E-state index in [1.165, 1.54) is 0 Å². The van der Waals surface area contributed by atoms with Gasteiger partial charge in [-0.25, -0.2) is 9.98 Å². The molecule has 0 unspecified atom stereocenters. The SMILES string of the molecule is CCNC(=NCc1cccc(OC)n1)N(C)Cc1ccc(OC)cc1OC. The number of guanidine groups is 1. The van der Waals surface area contributed by atoms with Crippen molar-refractivity contribution in [2.45, 2.75) is 20.0 Å². The summed E-state index contributed by atoms with van der Waals surface area (Å²) in [6.07, 6.45) is 0. The molecule has 0 atom stereocenters. The molecule has 1 N–H and O–H groups in total. The van der Waals surface area contributed by atoms with Gasteiger partial charge >= 0.3 is 0 Å². The fraction of sp³-hybridized carbons (Fsp3) is 0.400. The molecule has 0 bridgehead atoms. The molecule has 0 aliphatic heterocycles. The van der Waals surface area contributed by atoms with Gasteiger partial charge in [0.2, 0.25) is 5.88 Å². The molecule has 0 aliphatic rings. The molecule has 0 fully saturated rings. The number of hydrogen-bond acceptors (Lipinski definition) is 5. The van der Waals surface area contributed by atoms with E-state index < -0.39 is 0 Å².